The second-order valence-electron chi connectivity index (χ2n) is 3.73. The molecule has 0 aliphatic carbocycles. The number of amides is 1. The average Bonchev–Trinajstić information content (AvgIpc) is 2.81. The van der Waals surface area contributed by atoms with Crippen molar-refractivity contribution >= 4 is 11.7 Å². The summed E-state index contributed by atoms with van der Waals surface area (Å²) in [7, 11) is 0. The molecule has 1 aliphatic rings. The molecule has 1 amide bonds. The third-order valence-electron chi connectivity index (χ3n) is 2.66. The first-order valence-electron chi connectivity index (χ1n) is 4.89. The first-order chi connectivity index (χ1) is 7.67. The molecule has 1 N–H and O–H groups in total. The van der Waals surface area contributed by atoms with E-state index in [4.69, 9.17) is 11.7 Å². The Morgan fingerprint density at radius 3 is 3.00 bits per heavy atom. The van der Waals surface area contributed by atoms with Crippen molar-refractivity contribution in [3.63, 3.8) is 0 Å². The summed E-state index contributed by atoms with van der Waals surface area (Å²) in [6.07, 6.45) is 5.62. The number of carbonyl (C=O) groups excluding carboxylic acids is 1. The lowest BCUT2D eigenvalue weighted by atomic mass is 10.1. The molecule has 0 aromatic carbocycles. The normalized spacial score (nSPS) is 19.6. The van der Waals surface area contributed by atoms with Gasteiger partial charge in [0.05, 0.1) is 5.69 Å². The van der Waals surface area contributed by atoms with Crippen molar-refractivity contribution in [2.75, 3.05) is 11.4 Å². The highest BCUT2D eigenvalue weighted by Crippen LogP contribution is 2.26. The van der Waals surface area contributed by atoms with Crippen LogP contribution >= 0.6 is 0 Å². The van der Waals surface area contributed by atoms with Crippen molar-refractivity contribution in [3.05, 3.63) is 11.3 Å². The van der Waals surface area contributed by atoms with Gasteiger partial charge in [0.15, 0.2) is 5.82 Å². The maximum Gasteiger partial charge on any atom is 0.229 e. The first-order valence-corrected chi connectivity index (χ1v) is 4.89. The molecule has 0 spiro atoms. The summed E-state index contributed by atoms with van der Waals surface area (Å²) in [5.41, 5.74) is 1.07. The summed E-state index contributed by atoms with van der Waals surface area (Å²) in [5, 5.41) is 15.6. The van der Waals surface area contributed by atoms with Gasteiger partial charge in [0.25, 0.3) is 0 Å². The SMILES string of the molecule is C#CC1CC(=O)N(c2n[nH]c(C)c2C#N)C1. The number of nitrogens with one attached hydrogen (secondary N) is 1. The van der Waals surface area contributed by atoms with E-state index in [1.54, 1.807) is 6.92 Å². The minimum Gasteiger partial charge on any atom is -0.293 e. The highest BCUT2D eigenvalue weighted by Gasteiger charge is 2.32. The van der Waals surface area contributed by atoms with Crippen LogP contribution in [-0.2, 0) is 4.79 Å². The van der Waals surface area contributed by atoms with Crippen molar-refractivity contribution in [3.8, 4) is 18.4 Å². The highest BCUT2D eigenvalue weighted by atomic mass is 16.2. The van der Waals surface area contributed by atoms with Crippen LogP contribution in [0.25, 0.3) is 0 Å². The lowest BCUT2D eigenvalue weighted by molar-refractivity contribution is -0.117. The predicted octanol–water partition coefficient (Wildman–Crippen LogP) is 0.576. The fraction of sp³-hybridized carbons (Fsp3) is 0.364. The quantitative estimate of drug-likeness (QED) is 0.695. The number of rotatable bonds is 1. The predicted molar refractivity (Wildman–Crippen MR) is 57.3 cm³/mol. The van der Waals surface area contributed by atoms with Gasteiger partial charge in [-0.25, -0.2) is 0 Å². The van der Waals surface area contributed by atoms with Gasteiger partial charge < -0.3 is 0 Å². The standard InChI is InChI=1S/C11H10N4O/c1-3-8-4-10(16)15(6-8)11-9(5-12)7(2)13-14-11/h1,8H,4,6H2,2H3,(H,13,14). The molecular formula is C11H10N4O. The molecule has 80 valence electrons. The Labute approximate surface area is 93.1 Å². The van der Waals surface area contributed by atoms with E-state index in [-0.39, 0.29) is 11.8 Å². The van der Waals surface area contributed by atoms with E-state index < -0.39 is 0 Å². The van der Waals surface area contributed by atoms with Crippen LogP contribution in [0.2, 0.25) is 0 Å². The fourth-order valence-electron chi connectivity index (χ4n) is 1.77. The van der Waals surface area contributed by atoms with Crippen LogP contribution in [0.5, 0.6) is 0 Å². The van der Waals surface area contributed by atoms with Crippen LogP contribution in [0.4, 0.5) is 5.82 Å². The van der Waals surface area contributed by atoms with E-state index in [0.717, 1.165) is 0 Å². The number of H-pyrrole nitrogens is 1. The number of nitriles is 1. The van der Waals surface area contributed by atoms with Gasteiger partial charge in [-0.15, -0.1) is 12.3 Å². The van der Waals surface area contributed by atoms with E-state index in [2.05, 4.69) is 16.1 Å². The molecule has 16 heavy (non-hydrogen) atoms. The van der Waals surface area contributed by atoms with E-state index in [1.165, 1.54) is 4.90 Å². The molecule has 1 unspecified atom stereocenters. The summed E-state index contributed by atoms with van der Waals surface area (Å²) in [6, 6.07) is 2.03. The van der Waals surface area contributed by atoms with E-state index in [1.807, 2.05) is 6.07 Å². The maximum absolute atomic E-state index is 11.7. The Bertz CT molecular complexity index is 517. The largest absolute Gasteiger partial charge is 0.293 e. The monoisotopic (exact) mass is 214 g/mol. The summed E-state index contributed by atoms with van der Waals surface area (Å²) < 4.78 is 0. The molecule has 0 saturated carbocycles. The molecule has 1 aliphatic heterocycles. The van der Waals surface area contributed by atoms with Crippen LogP contribution in [0.1, 0.15) is 17.7 Å². The van der Waals surface area contributed by atoms with Crippen molar-refractivity contribution in [2.45, 2.75) is 13.3 Å². The van der Waals surface area contributed by atoms with Gasteiger partial charge >= 0.3 is 0 Å². The molecule has 1 saturated heterocycles. The van der Waals surface area contributed by atoms with Gasteiger partial charge in [-0.2, -0.15) is 10.4 Å². The Balaban J connectivity index is 2.36. The molecule has 0 radical (unpaired) electrons. The molecule has 2 rings (SSSR count). The molecule has 2 heterocycles. The molecule has 5 heteroatoms. The van der Waals surface area contributed by atoms with Crippen LogP contribution in [0.15, 0.2) is 0 Å². The van der Waals surface area contributed by atoms with Gasteiger partial charge in [-0.05, 0) is 6.92 Å². The Morgan fingerprint density at radius 1 is 1.69 bits per heavy atom. The molecule has 5 nitrogen and oxygen atoms in total. The summed E-state index contributed by atoms with van der Waals surface area (Å²) in [6.45, 7) is 2.18. The van der Waals surface area contributed by atoms with Gasteiger partial charge in [0.1, 0.15) is 11.6 Å². The minimum absolute atomic E-state index is 0.0778. The maximum atomic E-state index is 11.7. The molecule has 1 fully saturated rings. The third-order valence-corrected chi connectivity index (χ3v) is 2.66. The number of aromatic amines is 1. The van der Waals surface area contributed by atoms with Crippen molar-refractivity contribution in [1.29, 1.82) is 5.26 Å². The van der Waals surface area contributed by atoms with Crippen molar-refractivity contribution in [2.24, 2.45) is 5.92 Å². The zero-order valence-electron chi connectivity index (χ0n) is 8.82. The van der Waals surface area contributed by atoms with Gasteiger partial charge in [-0.1, -0.05) is 0 Å². The number of carbonyl (C=O) groups is 1. The van der Waals surface area contributed by atoms with E-state index >= 15 is 0 Å². The molecule has 0 bridgehead atoms. The smallest absolute Gasteiger partial charge is 0.229 e. The topological polar surface area (TPSA) is 72.8 Å². The number of aromatic nitrogens is 2. The van der Waals surface area contributed by atoms with Crippen molar-refractivity contribution in [1.82, 2.24) is 10.2 Å². The zero-order valence-corrected chi connectivity index (χ0v) is 8.82. The zero-order chi connectivity index (χ0) is 11.7. The lowest BCUT2D eigenvalue weighted by Gasteiger charge is -2.12. The second-order valence-corrected chi connectivity index (χ2v) is 3.73. The minimum atomic E-state index is -0.0870. The van der Waals surface area contributed by atoms with Crippen LogP contribution < -0.4 is 4.90 Å². The number of hydrogen-bond acceptors (Lipinski definition) is 3. The fourth-order valence-corrected chi connectivity index (χ4v) is 1.77. The van der Waals surface area contributed by atoms with Crippen LogP contribution in [0.3, 0.4) is 0 Å². The Hall–Kier alpha value is -2.27. The number of aryl methyl sites for hydroxylation is 1. The molecule has 1 aromatic heterocycles. The number of nitrogens with zero attached hydrogens (tertiary/aromatic N) is 3. The number of terminal acetylenes is 1. The van der Waals surface area contributed by atoms with E-state index in [9.17, 15) is 4.79 Å². The van der Waals surface area contributed by atoms with Crippen LogP contribution in [-0.4, -0.2) is 22.6 Å². The first kappa shape index (κ1) is 10.3. The Morgan fingerprint density at radius 2 is 2.44 bits per heavy atom. The summed E-state index contributed by atoms with van der Waals surface area (Å²) in [4.78, 5) is 13.2. The molecular weight excluding hydrogens is 204 g/mol. The molecule has 1 aromatic rings. The van der Waals surface area contributed by atoms with Gasteiger partial charge in [0.2, 0.25) is 5.91 Å². The lowest BCUT2D eigenvalue weighted by Crippen LogP contribution is -2.25. The van der Waals surface area contributed by atoms with Gasteiger partial charge in [0, 0.05) is 18.9 Å². The van der Waals surface area contributed by atoms with Gasteiger partial charge in [-0.3, -0.25) is 14.8 Å². The number of hydrogen-bond donors (Lipinski definition) is 1. The molecule has 1 atom stereocenters. The summed E-state index contributed by atoms with van der Waals surface area (Å²) in [5.74, 6) is 2.78. The average molecular weight is 214 g/mol. The summed E-state index contributed by atoms with van der Waals surface area (Å²) >= 11 is 0. The Kier molecular flexibility index (Phi) is 2.38. The van der Waals surface area contributed by atoms with Crippen molar-refractivity contribution < 1.29 is 4.79 Å². The second kappa shape index (κ2) is 3.71. The van der Waals surface area contributed by atoms with E-state index in [0.29, 0.717) is 30.0 Å². The highest BCUT2D eigenvalue weighted by molar-refractivity contribution is 5.96. The number of anilines is 1. The third kappa shape index (κ3) is 1.43. The van der Waals surface area contributed by atoms with Crippen LogP contribution in [0, 0.1) is 36.5 Å².